The quantitative estimate of drug-likeness (QED) is 0.751. The number of likely N-dealkylation sites (N-methyl/N-ethyl adjacent to an activating group) is 1. The van der Waals surface area contributed by atoms with Gasteiger partial charge in [-0.2, -0.15) is 0 Å². The summed E-state index contributed by atoms with van der Waals surface area (Å²) in [5.74, 6) is 1.77. The second-order valence-electron chi connectivity index (χ2n) is 5.46. The summed E-state index contributed by atoms with van der Waals surface area (Å²) in [4.78, 5) is 11.8. The third-order valence-electron chi connectivity index (χ3n) is 3.85. The van der Waals surface area contributed by atoms with E-state index in [-0.39, 0.29) is 6.04 Å². The Labute approximate surface area is 139 Å². The summed E-state index contributed by atoms with van der Waals surface area (Å²) >= 11 is 1.62. The van der Waals surface area contributed by atoms with Gasteiger partial charge in [0.1, 0.15) is 22.7 Å². The van der Waals surface area contributed by atoms with Crippen molar-refractivity contribution in [2.24, 2.45) is 0 Å². The molecule has 3 aromatic rings. The Morgan fingerprint density at radius 3 is 2.83 bits per heavy atom. The summed E-state index contributed by atoms with van der Waals surface area (Å²) in [5.41, 5.74) is 1.16. The van der Waals surface area contributed by atoms with E-state index in [2.05, 4.69) is 46.4 Å². The molecule has 0 radical (unpaired) electrons. The molecule has 0 spiro atoms. The Kier molecular flexibility index (Phi) is 4.73. The van der Waals surface area contributed by atoms with E-state index >= 15 is 0 Å². The van der Waals surface area contributed by atoms with Crippen LogP contribution in [0, 0.1) is 0 Å². The fourth-order valence-corrected chi connectivity index (χ4v) is 3.37. The highest BCUT2D eigenvalue weighted by molar-refractivity contribution is 7.16. The lowest BCUT2D eigenvalue weighted by atomic mass is 10.0. The van der Waals surface area contributed by atoms with Crippen molar-refractivity contribution >= 4 is 27.4 Å². The Morgan fingerprint density at radius 1 is 1.22 bits per heavy atom. The molecule has 0 bridgehead atoms. The summed E-state index contributed by atoms with van der Waals surface area (Å²) in [7, 11) is 5.84. The highest BCUT2D eigenvalue weighted by atomic mass is 32.1. The maximum atomic E-state index is 5.51. The second-order valence-corrected chi connectivity index (χ2v) is 6.36. The lowest BCUT2D eigenvalue weighted by molar-refractivity contribution is 0.300. The first kappa shape index (κ1) is 15.7. The number of ether oxygens (including phenoxy) is 1. The zero-order valence-corrected chi connectivity index (χ0v) is 14.3. The summed E-state index contributed by atoms with van der Waals surface area (Å²) in [5, 5.41) is 6.56. The Balaban J connectivity index is 1.85. The molecule has 3 rings (SSSR count). The average molecular weight is 328 g/mol. The summed E-state index contributed by atoms with van der Waals surface area (Å²) in [6, 6.07) is 10.3. The van der Waals surface area contributed by atoms with Crippen molar-refractivity contribution in [3.05, 3.63) is 47.6 Å². The van der Waals surface area contributed by atoms with Crippen LogP contribution in [0.3, 0.4) is 0 Å². The molecular formula is C17H20N4OS. The van der Waals surface area contributed by atoms with Crippen LogP contribution in [-0.4, -0.2) is 42.6 Å². The lowest BCUT2D eigenvalue weighted by Crippen LogP contribution is -2.27. The number of anilines is 1. The van der Waals surface area contributed by atoms with Gasteiger partial charge in [0.2, 0.25) is 0 Å². The number of aromatic nitrogens is 2. The first-order valence-electron chi connectivity index (χ1n) is 7.42. The van der Waals surface area contributed by atoms with Crippen LogP contribution in [0.15, 0.2) is 42.0 Å². The topological polar surface area (TPSA) is 50.3 Å². The van der Waals surface area contributed by atoms with Crippen molar-refractivity contribution in [3.8, 4) is 5.75 Å². The highest BCUT2D eigenvalue weighted by Crippen LogP contribution is 2.29. The first-order valence-corrected chi connectivity index (χ1v) is 8.30. The zero-order chi connectivity index (χ0) is 16.2. The van der Waals surface area contributed by atoms with Gasteiger partial charge in [-0.15, -0.1) is 11.3 Å². The minimum Gasteiger partial charge on any atom is -0.496 e. The number of methoxy groups -OCH3 is 1. The van der Waals surface area contributed by atoms with Crippen molar-refractivity contribution in [2.45, 2.75) is 6.04 Å². The Hall–Kier alpha value is -2.18. The number of rotatable bonds is 6. The van der Waals surface area contributed by atoms with Crippen molar-refractivity contribution in [1.82, 2.24) is 14.9 Å². The van der Waals surface area contributed by atoms with E-state index in [0.29, 0.717) is 0 Å². The van der Waals surface area contributed by atoms with Crippen LogP contribution in [0.5, 0.6) is 5.75 Å². The monoisotopic (exact) mass is 328 g/mol. The Morgan fingerprint density at radius 2 is 2.04 bits per heavy atom. The average Bonchev–Trinajstić information content (AvgIpc) is 3.04. The van der Waals surface area contributed by atoms with Gasteiger partial charge in [-0.05, 0) is 31.6 Å². The van der Waals surface area contributed by atoms with E-state index < -0.39 is 0 Å². The van der Waals surface area contributed by atoms with E-state index in [1.807, 2.05) is 23.6 Å². The molecular weight excluding hydrogens is 308 g/mol. The number of nitrogens with one attached hydrogen (secondary N) is 1. The number of benzene rings is 1. The molecule has 23 heavy (non-hydrogen) atoms. The molecule has 1 N–H and O–H groups in total. The van der Waals surface area contributed by atoms with E-state index in [0.717, 1.165) is 33.9 Å². The van der Waals surface area contributed by atoms with Crippen molar-refractivity contribution in [1.29, 1.82) is 0 Å². The minimum absolute atomic E-state index is 0.176. The fraction of sp³-hybridized carbons (Fsp3) is 0.294. The molecule has 0 aliphatic heterocycles. The van der Waals surface area contributed by atoms with E-state index in [4.69, 9.17) is 4.74 Å². The predicted molar refractivity (Wildman–Crippen MR) is 95.3 cm³/mol. The van der Waals surface area contributed by atoms with Gasteiger partial charge in [0, 0.05) is 12.1 Å². The van der Waals surface area contributed by atoms with Crippen molar-refractivity contribution < 1.29 is 4.74 Å². The van der Waals surface area contributed by atoms with Gasteiger partial charge in [-0.1, -0.05) is 18.2 Å². The predicted octanol–water partition coefficient (Wildman–Crippen LogP) is 3.41. The molecule has 1 unspecified atom stereocenters. The molecule has 2 aromatic heterocycles. The largest absolute Gasteiger partial charge is 0.496 e. The van der Waals surface area contributed by atoms with Crippen LogP contribution < -0.4 is 10.1 Å². The molecule has 1 aromatic carbocycles. The normalized spacial score (nSPS) is 12.5. The molecule has 5 nitrogen and oxygen atoms in total. The standard InChI is InChI=1S/C17H20N4OS/c1-21(2)14(12-6-4-5-7-15(12)22-3)10-18-16-13-8-9-23-17(13)20-11-19-16/h4-9,11,14H,10H2,1-3H3,(H,18,19,20). The van der Waals surface area contributed by atoms with Gasteiger partial charge in [0.05, 0.1) is 18.5 Å². The molecule has 0 saturated carbocycles. The van der Waals surface area contributed by atoms with Gasteiger partial charge in [0.15, 0.2) is 0 Å². The van der Waals surface area contributed by atoms with Crippen LogP contribution >= 0.6 is 11.3 Å². The van der Waals surface area contributed by atoms with Crippen LogP contribution in [0.4, 0.5) is 5.82 Å². The molecule has 6 heteroatoms. The molecule has 0 amide bonds. The smallest absolute Gasteiger partial charge is 0.138 e. The molecule has 1 atom stereocenters. The van der Waals surface area contributed by atoms with E-state index in [9.17, 15) is 0 Å². The highest BCUT2D eigenvalue weighted by Gasteiger charge is 2.18. The Bertz CT molecular complexity index is 787. The van der Waals surface area contributed by atoms with Crippen molar-refractivity contribution in [2.75, 3.05) is 33.1 Å². The maximum Gasteiger partial charge on any atom is 0.138 e. The lowest BCUT2D eigenvalue weighted by Gasteiger charge is -2.26. The maximum absolute atomic E-state index is 5.51. The summed E-state index contributed by atoms with van der Waals surface area (Å²) in [6.45, 7) is 0.731. The minimum atomic E-state index is 0.176. The number of para-hydroxylation sites is 1. The number of hydrogen-bond acceptors (Lipinski definition) is 6. The molecule has 120 valence electrons. The molecule has 0 fully saturated rings. The number of nitrogens with zero attached hydrogens (tertiary/aromatic N) is 3. The van der Waals surface area contributed by atoms with Crippen LogP contribution in [0.1, 0.15) is 11.6 Å². The third kappa shape index (κ3) is 3.28. The van der Waals surface area contributed by atoms with Crippen LogP contribution in [0.2, 0.25) is 0 Å². The number of thiophene rings is 1. The van der Waals surface area contributed by atoms with Gasteiger partial charge in [-0.3, -0.25) is 0 Å². The fourth-order valence-electron chi connectivity index (χ4n) is 2.64. The first-order chi connectivity index (χ1) is 11.2. The summed E-state index contributed by atoms with van der Waals surface area (Å²) in [6.07, 6.45) is 1.61. The van der Waals surface area contributed by atoms with E-state index in [1.165, 1.54) is 0 Å². The molecule has 2 heterocycles. The SMILES string of the molecule is COc1ccccc1C(CNc1ncnc2sccc12)N(C)C. The third-order valence-corrected chi connectivity index (χ3v) is 4.67. The van der Waals surface area contributed by atoms with Gasteiger partial charge in [0.25, 0.3) is 0 Å². The second kappa shape index (κ2) is 6.93. The van der Waals surface area contributed by atoms with Gasteiger partial charge < -0.3 is 15.0 Å². The number of hydrogen-bond donors (Lipinski definition) is 1. The molecule has 0 aliphatic rings. The molecule has 0 saturated heterocycles. The number of fused-ring (bicyclic) bond motifs is 1. The summed E-state index contributed by atoms with van der Waals surface area (Å²) < 4.78 is 5.51. The van der Waals surface area contributed by atoms with Gasteiger partial charge >= 0.3 is 0 Å². The molecule has 0 aliphatic carbocycles. The van der Waals surface area contributed by atoms with Crippen LogP contribution in [-0.2, 0) is 0 Å². The van der Waals surface area contributed by atoms with Gasteiger partial charge in [-0.25, -0.2) is 9.97 Å². The zero-order valence-electron chi connectivity index (χ0n) is 13.5. The van der Waals surface area contributed by atoms with Crippen molar-refractivity contribution in [3.63, 3.8) is 0 Å². The van der Waals surface area contributed by atoms with Crippen LogP contribution in [0.25, 0.3) is 10.2 Å². The van der Waals surface area contributed by atoms with E-state index in [1.54, 1.807) is 24.8 Å².